The van der Waals surface area contributed by atoms with Gasteiger partial charge in [-0.1, -0.05) is 6.07 Å². The van der Waals surface area contributed by atoms with Gasteiger partial charge in [0.15, 0.2) is 28.8 Å². The molecule has 2 aromatic rings. The molecule has 0 amide bonds. The average molecular weight is 524 g/mol. The van der Waals surface area contributed by atoms with Crippen LogP contribution in [0.1, 0.15) is 42.7 Å². The molecule has 38 heavy (non-hydrogen) atoms. The third-order valence-electron chi connectivity index (χ3n) is 7.29. The molecule has 0 spiro atoms. The number of methoxy groups -OCH3 is 6. The lowest BCUT2D eigenvalue weighted by Crippen LogP contribution is -2.38. The van der Waals surface area contributed by atoms with Gasteiger partial charge in [-0.15, -0.1) is 0 Å². The Morgan fingerprint density at radius 2 is 1.39 bits per heavy atom. The van der Waals surface area contributed by atoms with Crippen molar-refractivity contribution in [2.45, 2.75) is 31.6 Å². The molecule has 0 bridgehead atoms. The number of esters is 1. The van der Waals surface area contributed by atoms with Gasteiger partial charge in [-0.2, -0.15) is 0 Å². The first-order valence-corrected chi connectivity index (χ1v) is 12.2. The molecule has 0 N–H and O–H groups in total. The standard InChI is InChI=1S/C29H33NO8/c1-15-26(29(32)38-7)27(18-13-24(36-5)25(37-6)14-22(18)34-3)28-19(30-15)10-17(11-20(28)31)16-8-9-21(33-2)23(12-16)35-4/h8-9,12-14,17,26-27H,10-11H2,1-7H3/t17-,26?,27+/m1/s1. The van der Waals surface area contributed by atoms with Gasteiger partial charge in [-0.05, 0) is 43.0 Å². The van der Waals surface area contributed by atoms with E-state index in [0.29, 0.717) is 57.7 Å². The largest absolute Gasteiger partial charge is 0.496 e. The molecule has 1 heterocycles. The maximum Gasteiger partial charge on any atom is 0.315 e. The predicted octanol–water partition coefficient (Wildman–Crippen LogP) is 4.48. The summed E-state index contributed by atoms with van der Waals surface area (Å²) in [6.45, 7) is 1.79. The van der Waals surface area contributed by atoms with Crippen molar-refractivity contribution in [3.8, 4) is 28.7 Å². The summed E-state index contributed by atoms with van der Waals surface area (Å²) in [4.78, 5) is 31.7. The zero-order valence-corrected chi connectivity index (χ0v) is 22.7. The first-order chi connectivity index (χ1) is 18.3. The smallest absolute Gasteiger partial charge is 0.315 e. The number of hydrogen-bond donors (Lipinski definition) is 0. The quantitative estimate of drug-likeness (QED) is 0.467. The van der Waals surface area contributed by atoms with Crippen LogP contribution in [0.4, 0.5) is 0 Å². The second-order valence-electron chi connectivity index (χ2n) is 9.18. The van der Waals surface area contributed by atoms with Crippen LogP contribution in [0.2, 0.25) is 0 Å². The Hall–Kier alpha value is -4.01. The molecule has 4 rings (SSSR count). The van der Waals surface area contributed by atoms with Gasteiger partial charge in [-0.25, -0.2) is 0 Å². The zero-order chi connectivity index (χ0) is 27.6. The highest BCUT2D eigenvalue weighted by Crippen LogP contribution is 2.51. The molecule has 2 aromatic carbocycles. The van der Waals surface area contributed by atoms with Crippen LogP contribution in [-0.4, -0.2) is 60.1 Å². The number of nitrogens with zero attached hydrogens (tertiary/aromatic N) is 1. The molecular weight excluding hydrogens is 490 g/mol. The van der Waals surface area contributed by atoms with Crippen molar-refractivity contribution in [2.75, 3.05) is 42.7 Å². The highest BCUT2D eigenvalue weighted by molar-refractivity contribution is 6.09. The van der Waals surface area contributed by atoms with E-state index in [1.54, 1.807) is 33.3 Å². The topological polar surface area (TPSA) is 102 Å². The van der Waals surface area contributed by atoms with Crippen molar-refractivity contribution in [1.82, 2.24) is 0 Å². The fraction of sp³-hybridized carbons (Fsp3) is 0.414. The number of hydrogen-bond acceptors (Lipinski definition) is 9. The predicted molar refractivity (Wildman–Crippen MR) is 141 cm³/mol. The van der Waals surface area contributed by atoms with E-state index >= 15 is 0 Å². The monoisotopic (exact) mass is 523 g/mol. The van der Waals surface area contributed by atoms with Gasteiger partial charge < -0.3 is 28.4 Å². The minimum Gasteiger partial charge on any atom is -0.496 e. The summed E-state index contributed by atoms with van der Waals surface area (Å²) in [7, 11) is 9.09. The van der Waals surface area contributed by atoms with E-state index in [4.69, 9.17) is 33.4 Å². The molecule has 0 saturated carbocycles. The molecule has 1 aliphatic carbocycles. The first kappa shape index (κ1) is 27.0. The Bertz CT molecular complexity index is 1310. The van der Waals surface area contributed by atoms with Crippen LogP contribution in [0.3, 0.4) is 0 Å². The number of ketones is 1. The van der Waals surface area contributed by atoms with E-state index < -0.39 is 17.8 Å². The van der Waals surface area contributed by atoms with E-state index in [2.05, 4.69) is 0 Å². The lowest BCUT2D eigenvalue weighted by atomic mass is 9.69. The third kappa shape index (κ3) is 4.68. The van der Waals surface area contributed by atoms with Crippen molar-refractivity contribution < 1.29 is 38.0 Å². The third-order valence-corrected chi connectivity index (χ3v) is 7.29. The highest BCUT2D eigenvalue weighted by Gasteiger charge is 2.46. The van der Waals surface area contributed by atoms with Gasteiger partial charge in [0.2, 0.25) is 0 Å². The summed E-state index contributed by atoms with van der Waals surface area (Å²) in [6.07, 6.45) is 0.775. The molecule has 9 nitrogen and oxygen atoms in total. The van der Waals surface area contributed by atoms with Gasteiger partial charge in [-0.3, -0.25) is 14.6 Å². The lowest BCUT2D eigenvalue weighted by Gasteiger charge is -2.37. The fourth-order valence-corrected chi connectivity index (χ4v) is 5.47. The van der Waals surface area contributed by atoms with Crippen molar-refractivity contribution in [3.63, 3.8) is 0 Å². The summed E-state index contributed by atoms with van der Waals surface area (Å²) in [5.41, 5.74) is 3.29. The highest BCUT2D eigenvalue weighted by atomic mass is 16.5. The summed E-state index contributed by atoms with van der Waals surface area (Å²) in [5.74, 6) is 0.481. The molecular formula is C29H33NO8. The molecule has 0 aromatic heterocycles. The number of Topliss-reactive ketones (excluding diaryl/α,β-unsaturated/α-hetero) is 1. The SMILES string of the molecule is COC(=O)C1C(C)=NC2=C(C(=O)C[C@H](c3ccc(OC)c(OC)c3)C2)[C@H]1c1cc(OC)c(OC)cc1OC. The maximum atomic E-state index is 13.9. The van der Waals surface area contributed by atoms with E-state index in [-0.39, 0.29) is 18.1 Å². The number of aliphatic imine (C=N–C) groups is 1. The normalized spacial score (nSPS) is 20.8. The molecule has 3 atom stereocenters. The molecule has 0 saturated heterocycles. The minimum atomic E-state index is -0.799. The summed E-state index contributed by atoms with van der Waals surface area (Å²) < 4.78 is 32.7. The van der Waals surface area contributed by atoms with Crippen LogP contribution in [0.15, 0.2) is 46.6 Å². The summed E-state index contributed by atoms with van der Waals surface area (Å²) in [5, 5.41) is 0. The van der Waals surface area contributed by atoms with Crippen LogP contribution < -0.4 is 23.7 Å². The Morgan fingerprint density at radius 1 is 0.789 bits per heavy atom. The molecule has 202 valence electrons. The Morgan fingerprint density at radius 3 is 2.00 bits per heavy atom. The zero-order valence-electron chi connectivity index (χ0n) is 22.7. The fourth-order valence-electron chi connectivity index (χ4n) is 5.47. The van der Waals surface area contributed by atoms with E-state index in [9.17, 15) is 9.59 Å². The number of allylic oxidation sites excluding steroid dienone is 2. The number of carbonyl (C=O) groups is 2. The summed E-state index contributed by atoms with van der Waals surface area (Å²) in [6, 6.07) is 9.13. The van der Waals surface area contributed by atoms with Gasteiger partial charge >= 0.3 is 5.97 Å². The lowest BCUT2D eigenvalue weighted by molar-refractivity contribution is -0.143. The Labute approximate surface area is 222 Å². The maximum absolute atomic E-state index is 13.9. The minimum absolute atomic E-state index is 0.0852. The van der Waals surface area contributed by atoms with Crippen molar-refractivity contribution >= 4 is 17.5 Å². The van der Waals surface area contributed by atoms with Crippen LogP contribution in [-0.2, 0) is 14.3 Å². The number of rotatable bonds is 8. The second-order valence-corrected chi connectivity index (χ2v) is 9.18. The first-order valence-electron chi connectivity index (χ1n) is 12.2. The van der Waals surface area contributed by atoms with Crippen LogP contribution in [0.25, 0.3) is 0 Å². The van der Waals surface area contributed by atoms with Gasteiger partial charge in [0.05, 0.1) is 42.7 Å². The van der Waals surface area contributed by atoms with Crippen molar-refractivity contribution in [1.29, 1.82) is 0 Å². The molecule has 9 heteroatoms. The van der Waals surface area contributed by atoms with Gasteiger partial charge in [0.1, 0.15) is 11.7 Å². The van der Waals surface area contributed by atoms with E-state index in [1.807, 2.05) is 18.2 Å². The number of carbonyl (C=O) groups excluding carboxylic acids is 2. The Balaban J connectivity index is 1.87. The van der Waals surface area contributed by atoms with Gasteiger partial charge in [0.25, 0.3) is 0 Å². The molecule has 0 fully saturated rings. The number of benzene rings is 2. The van der Waals surface area contributed by atoms with E-state index in [0.717, 1.165) is 5.56 Å². The van der Waals surface area contributed by atoms with E-state index in [1.165, 1.54) is 28.4 Å². The van der Waals surface area contributed by atoms with Crippen LogP contribution >= 0.6 is 0 Å². The van der Waals surface area contributed by atoms with Crippen LogP contribution in [0, 0.1) is 5.92 Å². The van der Waals surface area contributed by atoms with Crippen molar-refractivity contribution in [2.24, 2.45) is 10.9 Å². The Kier molecular flexibility index (Phi) is 7.94. The van der Waals surface area contributed by atoms with Crippen molar-refractivity contribution in [3.05, 3.63) is 52.7 Å². The second kappa shape index (κ2) is 11.2. The number of ether oxygens (including phenoxy) is 6. The average Bonchev–Trinajstić information content (AvgIpc) is 2.94. The molecule has 1 unspecified atom stereocenters. The molecule has 1 aliphatic heterocycles. The van der Waals surface area contributed by atoms with Crippen LogP contribution in [0.5, 0.6) is 28.7 Å². The summed E-state index contributed by atoms with van der Waals surface area (Å²) >= 11 is 0. The van der Waals surface area contributed by atoms with Gasteiger partial charge in [0, 0.05) is 41.0 Å². The molecule has 0 radical (unpaired) electrons. The molecule has 2 aliphatic rings.